The second-order valence-electron chi connectivity index (χ2n) is 9.26. The first-order valence-electron chi connectivity index (χ1n) is 13.2. The molecule has 0 saturated carbocycles. The number of Topliss-reactive ketones (excluding diaryl/α,β-unsaturated/α-hetero) is 1. The first-order chi connectivity index (χ1) is 15.1. The number of carbonyl (C=O) groups is 1. The Bertz CT molecular complexity index is 408. The minimum atomic E-state index is -0.985. The zero-order valence-corrected chi connectivity index (χ0v) is 20.4. The highest BCUT2D eigenvalue weighted by Crippen LogP contribution is 2.14. The fourth-order valence-corrected chi connectivity index (χ4v) is 3.92. The Labute approximate surface area is 192 Å². The quantitative estimate of drug-likeness (QED) is 0.116. The highest BCUT2D eigenvalue weighted by atomic mass is 16.4. The van der Waals surface area contributed by atoms with Crippen LogP contribution in [0, 0.1) is 0 Å². The smallest absolute Gasteiger partial charge is 0.129 e. The number of rotatable bonds is 24. The molecule has 0 amide bonds. The first-order valence-corrected chi connectivity index (χ1v) is 13.2. The van der Waals surface area contributed by atoms with Gasteiger partial charge in [-0.05, 0) is 45.4 Å². The maximum absolute atomic E-state index is 10.9. The van der Waals surface area contributed by atoms with Gasteiger partial charge in [0, 0.05) is 6.42 Å². The van der Waals surface area contributed by atoms with E-state index in [1.807, 2.05) is 0 Å². The molecule has 2 atom stereocenters. The standard InChI is InChI=1S/C27H52O4/c1-25(29)22-20-18-16-14-12-10-8-6-4-2-3-5-7-9-11-13-15-17-19-21-23-26(30)27(31)24-28/h4,6,26-28,30-31H,2-3,5,7-24H2,1H3. The lowest BCUT2D eigenvalue weighted by Gasteiger charge is -2.14. The molecule has 0 heterocycles. The van der Waals surface area contributed by atoms with Gasteiger partial charge >= 0.3 is 0 Å². The first kappa shape index (κ1) is 30.3. The van der Waals surface area contributed by atoms with Crippen molar-refractivity contribution >= 4 is 5.78 Å². The molecule has 0 aliphatic heterocycles. The van der Waals surface area contributed by atoms with E-state index in [2.05, 4.69) is 12.2 Å². The van der Waals surface area contributed by atoms with E-state index in [9.17, 15) is 15.0 Å². The van der Waals surface area contributed by atoms with E-state index in [-0.39, 0.29) is 6.61 Å². The van der Waals surface area contributed by atoms with Crippen LogP contribution < -0.4 is 0 Å². The Hall–Kier alpha value is -0.710. The van der Waals surface area contributed by atoms with E-state index in [0.29, 0.717) is 12.2 Å². The number of aliphatic hydroxyl groups is 3. The van der Waals surface area contributed by atoms with Gasteiger partial charge in [-0.3, -0.25) is 0 Å². The van der Waals surface area contributed by atoms with Gasteiger partial charge in [0.05, 0.1) is 12.7 Å². The molecule has 0 aromatic carbocycles. The summed E-state index contributed by atoms with van der Waals surface area (Å²) in [5.74, 6) is 0.323. The third-order valence-corrected chi connectivity index (χ3v) is 6.07. The largest absolute Gasteiger partial charge is 0.394 e. The van der Waals surface area contributed by atoms with Crippen LogP contribution >= 0.6 is 0 Å². The summed E-state index contributed by atoms with van der Waals surface area (Å²) in [6.07, 6.45) is 26.7. The van der Waals surface area contributed by atoms with Crippen molar-refractivity contribution in [3.8, 4) is 0 Å². The van der Waals surface area contributed by atoms with Crippen LogP contribution in [0.4, 0.5) is 0 Å². The molecule has 2 unspecified atom stereocenters. The molecule has 0 bridgehead atoms. The van der Waals surface area contributed by atoms with Crippen LogP contribution in [0.2, 0.25) is 0 Å². The van der Waals surface area contributed by atoms with Gasteiger partial charge in [0.15, 0.2) is 0 Å². The summed E-state index contributed by atoms with van der Waals surface area (Å²) in [5, 5.41) is 27.6. The van der Waals surface area contributed by atoms with Gasteiger partial charge in [0.1, 0.15) is 11.9 Å². The van der Waals surface area contributed by atoms with E-state index < -0.39 is 12.2 Å². The molecule has 4 heteroatoms. The molecule has 31 heavy (non-hydrogen) atoms. The topological polar surface area (TPSA) is 77.8 Å². The summed E-state index contributed by atoms with van der Waals surface area (Å²) in [7, 11) is 0. The normalized spacial score (nSPS) is 13.7. The molecule has 4 nitrogen and oxygen atoms in total. The summed E-state index contributed by atoms with van der Waals surface area (Å²) in [4.78, 5) is 10.9. The van der Waals surface area contributed by atoms with Crippen molar-refractivity contribution in [2.45, 2.75) is 148 Å². The molecule has 0 aliphatic carbocycles. The van der Waals surface area contributed by atoms with Crippen LogP contribution in [-0.2, 0) is 4.79 Å². The molecule has 0 spiro atoms. The van der Waals surface area contributed by atoms with Crippen LogP contribution in [0.1, 0.15) is 135 Å². The second kappa shape index (κ2) is 23.9. The predicted molar refractivity (Wildman–Crippen MR) is 131 cm³/mol. The fourth-order valence-electron chi connectivity index (χ4n) is 3.92. The van der Waals surface area contributed by atoms with Crippen molar-refractivity contribution < 1.29 is 20.1 Å². The number of hydrogen-bond acceptors (Lipinski definition) is 4. The van der Waals surface area contributed by atoms with Crippen LogP contribution in [0.25, 0.3) is 0 Å². The number of allylic oxidation sites excluding steroid dienone is 2. The summed E-state index contributed by atoms with van der Waals surface area (Å²) in [6, 6.07) is 0. The molecule has 3 N–H and O–H groups in total. The van der Waals surface area contributed by atoms with Gasteiger partial charge in [0.25, 0.3) is 0 Å². The zero-order valence-electron chi connectivity index (χ0n) is 20.4. The second-order valence-corrected chi connectivity index (χ2v) is 9.26. The Balaban J connectivity index is 3.17. The van der Waals surface area contributed by atoms with Crippen LogP contribution in [0.15, 0.2) is 12.2 Å². The van der Waals surface area contributed by atoms with Gasteiger partial charge in [-0.25, -0.2) is 0 Å². The minimum Gasteiger partial charge on any atom is -0.394 e. The van der Waals surface area contributed by atoms with Crippen molar-refractivity contribution in [1.82, 2.24) is 0 Å². The summed E-state index contributed by atoms with van der Waals surface area (Å²) < 4.78 is 0. The van der Waals surface area contributed by atoms with E-state index in [0.717, 1.165) is 25.7 Å². The van der Waals surface area contributed by atoms with Gasteiger partial charge in [-0.15, -0.1) is 0 Å². The van der Waals surface area contributed by atoms with E-state index in [4.69, 9.17) is 5.11 Å². The molecule has 0 rings (SSSR count). The van der Waals surface area contributed by atoms with Gasteiger partial charge in [0.2, 0.25) is 0 Å². The lowest BCUT2D eigenvalue weighted by atomic mass is 10.0. The van der Waals surface area contributed by atoms with Gasteiger partial charge < -0.3 is 20.1 Å². The zero-order chi connectivity index (χ0) is 23.0. The Morgan fingerprint density at radius 2 is 1.00 bits per heavy atom. The number of hydrogen-bond donors (Lipinski definition) is 3. The van der Waals surface area contributed by atoms with Crippen molar-refractivity contribution in [3.05, 3.63) is 12.2 Å². The molecule has 0 fully saturated rings. The number of aliphatic hydroxyl groups excluding tert-OH is 3. The molecule has 0 aliphatic rings. The molecule has 0 radical (unpaired) electrons. The number of ketones is 1. The number of unbranched alkanes of at least 4 members (excludes halogenated alkanes) is 16. The van der Waals surface area contributed by atoms with Crippen LogP contribution in [0.5, 0.6) is 0 Å². The molecule has 184 valence electrons. The van der Waals surface area contributed by atoms with Crippen LogP contribution in [0.3, 0.4) is 0 Å². The maximum atomic E-state index is 10.9. The minimum absolute atomic E-state index is 0.323. The average molecular weight is 441 g/mol. The van der Waals surface area contributed by atoms with E-state index in [1.54, 1.807) is 6.92 Å². The van der Waals surface area contributed by atoms with Gasteiger partial charge in [-0.1, -0.05) is 95.6 Å². The Morgan fingerprint density at radius 3 is 1.42 bits per heavy atom. The molecule has 0 aromatic heterocycles. The van der Waals surface area contributed by atoms with Gasteiger partial charge in [-0.2, -0.15) is 0 Å². The Morgan fingerprint density at radius 1 is 0.613 bits per heavy atom. The summed E-state index contributed by atoms with van der Waals surface area (Å²) in [6.45, 7) is 1.33. The third kappa shape index (κ3) is 23.8. The van der Waals surface area contributed by atoms with Crippen molar-refractivity contribution in [1.29, 1.82) is 0 Å². The highest BCUT2D eigenvalue weighted by Gasteiger charge is 2.13. The van der Waals surface area contributed by atoms with E-state index in [1.165, 1.54) is 96.3 Å². The summed E-state index contributed by atoms with van der Waals surface area (Å²) >= 11 is 0. The number of carbonyl (C=O) groups excluding carboxylic acids is 1. The molecular formula is C27H52O4. The molecular weight excluding hydrogens is 388 g/mol. The monoisotopic (exact) mass is 440 g/mol. The molecule has 0 saturated heterocycles. The molecule has 0 aromatic rings. The lowest BCUT2D eigenvalue weighted by molar-refractivity contribution is -0.117. The SMILES string of the molecule is CC(=O)CCCCCCCCC=CCCCCCCCCCCCCC(O)C(O)CO. The van der Waals surface area contributed by atoms with Crippen LogP contribution in [-0.4, -0.2) is 39.9 Å². The van der Waals surface area contributed by atoms with Crippen molar-refractivity contribution in [2.24, 2.45) is 0 Å². The Kier molecular flexibility index (Phi) is 23.4. The lowest BCUT2D eigenvalue weighted by Crippen LogP contribution is -2.28. The van der Waals surface area contributed by atoms with Crippen molar-refractivity contribution in [2.75, 3.05) is 6.61 Å². The average Bonchev–Trinajstić information content (AvgIpc) is 2.76. The van der Waals surface area contributed by atoms with Crippen molar-refractivity contribution in [3.63, 3.8) is 0 Å². The fraction of sp³-hybridized carbons (Fsp3) is 0.889. The van der Waals surface area contributed by atoms with E-state index >= 15 is 0 Å². The predicted octanol–water partition coefficient (Wildman–Crippen LogP) is 6.65. The third-order valence-electron chi connectivity index (χ3n) is 6.07. The highest BCUT2D eigenvalue weighted by molar-refractivity contribution is 5.75. The summed E-state index contributed by atoms with van der Waals surface area (Å²) in [5.41, 5.74) is 0. The maximum Gasteiger partial charge on any atom is 0.129 e.